The molecule has 0 bridgehead atoms. The van der Waals surface area contributed by atoms with E-state index in [1.807, 2.05) is 23.7 Å². The van der Waals surface area contributed by atoms with Crippen LogP contribution in [-0.2, 0) is 4.79 Å². The Labute approximate surface area is 110 Å². The van der Waals surface area contributed by atoms with E-state index in [2.05, 4.69) is 18.5 Å². The van der Waals surface area contributed by atoms with Crippen molar-refractivity contribution in [1.29, 1.82) is 0 Å². The maximum atomic E-state index is 12.1. The molecule has 3 nitrogen and oxygen atoms in total. The van der Waals surface area contributed by atoms with Crippen molar-refractivity contribution in [3.63, 3.8) is 0 Å². The lowest BCUT2D eigenvalue weighted by molar-refractivity contribution is -0.132. The number of carbonyl (C=O) groups excluding carboxylic acids is 1. The van der Waals surface area contributed by atoms with Gasteiger partial charge in [0.05, 0.1) is 0 Å². The van der Waals surface area contributed by atoms with Crippen molar-refractivity contribution in [2.45, 2.75) is 38.6 Å². The molecule has 4 heteroatoms. The largest absolute Gasteiger partial charge is 0.343 e. The van der Waals surface area contributed by atoms with Gasteiger partial charge < -0.3 is 10.2 Å². The van der Waals surface area contributed by atoms with Crippen molar-refractivity contribution in [2.24, 2.45) is 5.92 Å². The van der Waals surface area contributed by atoms with Crippen LogP contribution in [0.3, 0.4) is 0 Å². The van der Waals surface area contributed by atoms with Gasteiger partial charge in [0.2, 0.25) is 5.91 Å². The first kappa shape index (κ1) is 14.8. The topological polar surface area (TPSA) is 32.3 Å². The van der Waals surface area contributed by atoms with Crippen LogP contribution in [0.15, 0.2) is 0 Å². The first-order valence-electron chi connectivity index (χ1n) is 6.60. The molecule has 0 aromatic heterocycles. The Bertz CT molecular complexity index is 229. The fraction of sp³-hybridized carbons (Fsp3) is 0.923. The summed E-state index contributed by atoms with van der Waals surface area (Å²) in [6.45, 7) is 4.30. The summed E-state index contributed by atoms with van der Waals surface area (Å²) in [5, 5.41) is 3.34. The van der Waals surface area contributed by atoms with Gasteiger partial charge >= 0.3 is 0 Å². The molecule has 100 valence electrons. The van der Waals surface area contributed by atoms with Crippen molar-refractivity contribution in [2.75, 3.05) is 32.1 Å². The zero-order valence-corrected chi connectivity index (χ0v) is 12.2. The molecule has 1 aliphatic heterocycles. The quantitative estimate of drug-likeness (QED) is 0.790. The molecule has 0 spiro atoms. The van der Waals surface area contributed by atoms with E-state index in [0.717, 1.165) is 44.5 Å². The van der Waals surface area contributed by atoms with Crippen LogP contribution in [0.25, 0.3) is 0 Å². The molecule has 0 aliphatic carbocycles. The summed E-state index contributed by atoms with van der Waals surface area (Å²) < 4.78 is 0. The van der Waals surface area contributed by atoms with Crippen LogP contribution in [0.4, 0.5) is 0 Å². The molecule has 0 aromatic rings. The lowest BCUT2D eigenvalue weighted by Gasteiger charge is -2.28. The molecule has 17 heavy (non-hydrogen) atoms. The maximum absolute atomic E-state index is 12.1. The van der Waals surface area contributed by atoms with E-state index in [-0.39, 0.29) is 0 Å². The first-order valence-corrected chi connectivity index (χ1v) is 7.99. The van der Waals surface area contributed by atoms with Crippen LogP contribution in [0.2, 0.25) is 0 Å². The van der Waals surface area contributed by atoms with Gasteiger partial charge in [-0.15, -0.1) is 0 Å². The number of piperidine rings is 1. The predicted molar refractivity (Wildman–Crippen MR) is 75.4 cm³/mol. The Morgan fingerprint density at radius 1 is 1.47 bits per heavy atom. The maximum Gasteiger partial charge on any atom is 0.222 e. The third kappa shape index (κ3) is 5.30. The van der Waals surface area contributed by atoms with E-state index in [1.165, 1.54) is 0 Å². The highest BCUT2D eigenvalue weighted by molar-refractivity contribution is 7.98. The summed E-state index contributed by atoms with van der Waals surface area (Å²) in [6, 6.07) is 0.372. The number of nitrogens with zero attached hydrogens (tertiary/aromatic N) is 1. The van der Waals surface area contributed by atoms with Crippen molar-refractivity contribution >= 4 is 17.7 Å². The number of hydrogen-bond donors (Lipinski definition) is 1. The van der Waals surface area contributed by atoms with E-state index in [9.17, 15) is 4.79 Å². The molecule has 1 rings (SSSR count). The number of rotatable bonds is 6. The molecule has 0 aromatic carbocycles. The summed E-state index contributed by atoms with van der Waals surface area (Å²) in [5.74, 6) is 2.05. The smallest absolute Gasteiger partial charge is 0.222 e. The van der Waals surface area contributed by atoms with Crippen LogP contribution in [0.5, 0.6) is 0 Å². The predicted octanol–water partition coefficient (Wildman–Crippen LogP) is 1.98. The van der Waals surface area contributed by atoms with Gasteiger partial charge in [-0.1, -0.05) is 0 Å². The van der Waals surface area contributed by atoms with Gasteiger partial charge in [0.15, 0.2) is 0 Å². The van der Waals surface area contributed by atoms with Crippen molar-refractivity contribution < 1.29 is 4.79 Å². The molecule has 0 saturated carbocycles. The highest BCUT2D eigenvalue weighted by Gasteiger charge is 2.21. The first-order chi connectivity index (χ1) is 8.15. The number of thioether (sulfide) groups is 1. The zero-order valence-electron chi connectivity index (χ0n) is 11.4. The number of nitrogens with one attached hydrogen (secondary N) is 1. The minimum absolute atomic E-state index is 0.325. The van der Waals surface area contributed by atoms with Crippen LogP contribution >= 0.6 is 11.8 Å². The SMILES string of the molecule is CSCCC(C)N(C)C(=O)CC1CCNCC1. The van der Waals surface area contributed by atoms with Crippen LogP contribution in [-0.4, -0.2) is 49.0 Å². The fourth-order valence-corrected chi connectivity index (χ4v) is 2.78. The Kier molecular flexibility index (Phi) is 6.97. The van der Waals surface area contributed by atoms with Gasteiger partial charge in [-0.3, -0.25) is 4.79 Å². The second-order valence-corrected chi connectivity index (χ2v) is 6.02. The standard InChI is InChI=1S/C13H26N2OS/c1-11(6-9-17-3)15(2)13(16)10-12-4-7-14-8-5-12/h11-12,14H,4-10H2,1-3H3. The van der Waals surface area contributed by atoms with Crippen molar-refractivity contribution in [3.05, 3.63) is 0 Å². The average Bonchev–Trinajstić information content (AvgIpc) is 2.36. The van der Waals surface area contributed by atoms with E-state index in [1.54, 1.807) is 0 Å². The monoisotopic (exact) mass is 258 g/mol. The number of carbonyl (C=O) groups is 1. The van der Waals surface area contributed by atoms with Gasteiger partial charge in [-0.05, 0) is 57.2 Å². The molecule has 1 amide bonds. The van der Waals surface area contributed by atoms with E-state index in [4.69, 9.17) is 0 Å². The average molecular weight is 258 g/mol. The Morgan fingerprint density at radius 3 is 2.71 bits per heavy atom. The molecular formula is C13H26N2OS. The van der Waals surface area contributed by atoms with Gasteiger partial charge in [-0.25, -0.2) is 0 Å². The van der Waals surface area contributed by atoms with Crippen molar-refractivity contribution in [1.82, 2.24) is 10.2 Å². The third-order valence-corrected chi connectivity index (χ3v) is 4.36. The summed E-state index contributed by atoms with van der Waals surface area (Å²) in [7, 11) is 1.95. The minimum atomic E-state index is 0.325. The molecule has 1 heterocycles. The molecule has 1 N–H and O–H groups in total. The summed E-state index contributed by atoms with van der Waals surface area (Å²) in [4.78, 5) is 14.1. The Balaban J connectivity index is 2.29. The van der Waals surface area contributed by atoms with Gasteiger partial charge in [0.25, 0.3) is 0 Å². The molecule has 1 saturated heterocycles. The second-order valence-electron chi connectivity index (χ2n) is 5.03. The molecule has 1 atom stereocenters. The van der Waals surface area contributed by atoms with Gasteiger partial charge in [0, 0.05) is 19.5 Å². The molecule has 1 unspecified atom stereocenters. The van der Waals surface area contributed by atoms with Crippen LogP contribution in [0.1, 0.15) is 32.6 Å². The number of amides is 1. The summed E-state index contributed by atoms with van der Waals surface area (Å²) in [6.07, 6.45) is 6.25. The highest BCUT2D eigenvalue weighted by Crippen LogP contribution is 2.18. The lowest BCUT2D eigenvalue weighted by Crippen LogP contribution is -2.38. The van der Waals surface area contributed by atoms with Crippen LogP contribution in [0, 0.1) is 5.92 Å². The molecule has 1 fully saturated rings. The fourth-order valence-electron chi connectivity index (χ4n) is 2.20. The molecule has 1 aliphatic rings. The van der Waals surface area contributed by atoms with E-state index in [0.29, 0.717) is 17.9 Å². The summed E-state index contributed by atoms with van der Waals surface area (Å²) >= 11 is 1.85. The Hall–Kier alpha value is -0.220. The third-order valence-electron chi connectivity index (χ3n) is 3.72. The number of hydrogen-bond acceptors (Lipinski definition) is 3. The van der Waals surface area contributed by atoms with E-state index < -0.39 is 0 Å². The summed E-state index contributed by atoms with van der Waals surface area (Å²) in [5.41, 5.74) is 0. The van der Waals surface area contributed by atoms with Crippen LogP contribution < -0.4 is 5.32 Å². The van der Waals surface area contributed by atoms with E-state index >= 15 is 0 Å². The molecular weight excluding hydrogens is 232 g/mol. The molecule has 0 radical (unpaired) electrons. The van der Waals surface area contributed by atoms with Crippen molar-refractivity contribution in [3.8, 4) is 0 Å². The zero-order chi connectivity index (χ0) is 12.7. The minimum Gasteiger partial charge on any atom is -0.343 e. The lowest BCUT2D eigenvalue weighted by atomic mass is 9.94. The Morgan fingerprint density at radius 2 is 2.12 bits per heavy atom. The van der Waals surface area contributed by atoms with Gasteiger partial charge in [0.1, 0.15) is 0 Å². The second kappa shape index (κ2) is 7.98. The highest BCUT2D eigenvalue weighted by atomic mass is 32.2. The van der Waals surface area contributed by atoms with Gasteiger partial charge in [-0.2, -0.15) is 11.8 Å². The normalized spacial score (nSPS) is 19.0.